The Morgan fingerprint density at radius 2 is 0.196 bits per heavy atom. The first-order valence-corrected chi connectivity index (χ1v) is 8.83. The van der Waals surface area contributed by atoms with Crippen molar-refractivity contribution in [2.75, 3.05) is 99.5 Å². The first kappa shape index (κ1) is 262. The molecule has 0 aromatic carbocycles. The summed E-state index contributed by atoms with van der Waals surface area (Å²) in [5.41, 5.74) is 0. The van der Waals surface area contributed by atoms with E-state index in [9.17, 15) is 0 Å². The minimum Gasteiger partial charge on any atom is -1.00 e. The topological polar surface area (TPSA) is 343 Å². The molecule has 0 saturated carbocycles. The quantitative estimate of drug-likeness (QED) is 0.107. The molecule has 0 aliphatic carbocycles. The molecule has 0 rings (SSSR count). The first-order valence-electron chi connectivity index (χ1n) is 6.55. The largest absolute Gasteiger partial charge is 3.00 e. The molecule has 46 heavy (non-hydrogen) atoms. The summed E-state index contributed by atoms with van der Waals surface area (Å²) in [5.74, 6) is 0. The number of aliphatic hydroxyl groups is 14. The van der Waals surface area contributed by atoms with E-state index in [0.717, 1.165) is 99.5 Å². The van der Waals surface area contributed by atoms with Gasteiger partial charge < -0.3 is 182 Å². The van der Waals surface area contributed by atoms with Gasteiger partial charge in [-0.25, -0.2) is 0 Å². The van der Waals surface area contributed by atoms with E-state index in [1.807, 2.05) is 0 Å². The maximum Gasteiger partial charge on any atom is 3.00 e. The molecule has 326 valence electrons. The van der Waals surface area contributed by atoms with Crippen molar-refractivity contribution in [1.82, 2.24) is 0 Å². The summed E-state index contributed by atoms with van der Waals surface area (Å²) >= 11 is 0. The number of aliphatic hydroxyl groups excluding tert-OH is 14. The van der Waals surface area contributed by atoms with Gasteiger partial charge >= 0.3 is 160 Å². The van der Waals surface area contributed by atoms with E-state index in [1.54, 1.807) is 0 Å². The monoisotopic (exact) mass is 1530 g/mol. The van der Waals surface area contributed by atoms with Crippen LogP contribution < -0.4 is 99.3 Å². The third-order valence-electron chi connectivity index (χ3n) is 0. The summed E-state index contributed by atoms with van der Waals surface area (Å²) in [4.78, 5) is 0. The van der Waals surface area contributed by atoms with Crippen LogP contribution in [0.25, 0.3) is 0 Å². The van der Waals surface area contributed by atoms with E-state index in [4.69, 9.17) is 71.5 Å². The molecular formula is C14H58Cl12Gd4O16. The second-order valence-corrected chi connectivity index (χ2v) is 0. The van der Waals surface area contributed by atoms with E-state index in [0.29, 0.717) is 0 Å². The van der Waals surface area contributed by atoms with Crippen LogP contribution in [0.4, 0.5) is 0 Å². The molecule has 0 aromatic rings. The van der Waals surface area contributed by atoms with Crippen molar-refractivity contribution in [2.45, 2.75) is 0 Å². The normalized spacial score (nSPS) is 2.09. The van der Waals surface area contributed by atoms with Crippen LogP contribution in [0.5, 0.6) is 0 Å². The Morgan fingerprint density at radius 1 is 0.196 bits per heavy atom. The Hall–Kier alpha value is 8.14. The van der Waals surface area contributed by atoms with Crippen molar-refractivity contribution in [3.8, 4) is 0 Å². The van der Waals surface area contributed by atoms with Crippen molar-refractivity contribution in [3.63, 3.8) is 0 Å². The molecule has 0 bridgehead atoms. The summed E-state index contributed by atoms with van der Waals surface area (Å²) in [6, 6.07) is 0. The Labute approximate surface area is 475 Å². The molecule has 0 unspecified atom stereocenters. The molecule has 32 heteroatoms. The molecule has 0 aromatic heterocycles. The van der Waals surface area contributed by atoms with Gasteiger partial charge in [0.25, 0.3) is 0 Å². The van der Waals surface area contributed by atoms with E-state index >= 15 is 0 Å². The van der Waals surface area contributed by atoms with Crippen molar-refractivity contribution in [1.29, 1.82) is 0 Å². The van der Waals surface area contributed by atoms with Crippen LogP contribution in [0.1, 0.15) is 0 Å². The molecule has 16 N–H and O–H groups in total. The van der Waals surface area contributed by atoms with Crippen LogP contribution in [-0.4, -0.2) is 182 Å². The number of hydrogen-bond donors (Lipinski definition) is 14. The fraction of sp³-hybridized carbons (Fsp3) is 1.00. The van der Waals surface area contributed by atoms with Gasteiger partial charge in [0.05, 0.1) is 0 Å². The van der Waals surface area contributed by atoms with Gasteiger partial charge in [0.2, 0.25) is 0 Å². The standard InChI is InChI=1S/14CH4O.2Cl2.8ClH.4Gd.2H2O/c16*1-2;;;;;;;;;;;;;;/h14*2H,1H3;;;8*1H;;;;;2*1H2/q;;;;;;;;;;;;;;;;;;;;;;;;2*+2;2*+3;;/p-10. The predicted molar refractivity (Wildman–Crippen MR) is 141 cm³/mol. The Bertz CT molecular complexity index is 85.8. The summed E-state index contributed by atoms with van der Waals surface area (Å²) in [5, 5.41) is 98.0. The molecule has 0 aliphatic rings. The van der Waals surface area contributed by atoms with Gasteiger partial charge in [-0.2, -0.15) is 0 Å². The van der Waals surface area contributed by atoms with Crippen LogP contribution in [0.15, 0.2) is 0 Å². The van der Waals surface area contributed by atoms with Gasteiger partial charge in [-0.1, -0.05) is 0 Å². The minimum atomic E-state index is 0. The van der Waals surface area contributed by atoms with Gasteiger partial charge in [0.1, 0.15) is 0 Å². The third kappa shape index (κ3) is 2060. The van der Waals surface area contributed by atoms with Crippen LogP contribution >= 0.6 is 43.4 Å². The Balaban J connectivity index is -0.00000000208. The van der Waals surface area contributed by atoms with Crippen molar-refractivity contribution < 1.29 is 341 Å². The average Bonchev–Trinajstić information content (AvgIpc) is 3.05. The molecule has 0 spiro atoms. The maximum absolute atomic E-state index is 7.00. The third-order valence-corrected chi connectivity index (χ3v) is 0. The Morgan fingerprint density at radius 3 is 0.196 bits per heavy atom. The van der Waals surface area contributed by atoms with Crippen molar-refractivity contribution >= 4 is 43.4 Å². The SMILES string of the molecule is CO.CO.CO.CO.CO.CO.CO.CO.CO.CO.CO.CO.CO.CO.ClCl.ClCl.[Cl-].[Cl-].[Cl-].[Cl-].[Cl-].[Cl-].[Cl-].[Cl-].[Gd+2].[Gd+2].[Gd+3].[Gd+3].[OH-].[OH-]. The predicted octanol–water partition coefficient (Wildman–Crippen LogP) is -27.0. The maximum atomic E-state index is 7.00. The fourth-order valence-electron chi connectivity index (χ4n) is 0. The van der Waals surface area contributed by atoms with Gasteiger partial charge in [-0.3, -0.25) is 0 Å². The fourth-order valence-corrected chi connectivity index (χ4v) is 0. The second kappa shape index (κ2) is 2180. The van der Waals surface area contributed by atoms with Crippen LogP contribution in [0.3, 0.4) is 0 Å². The summed E-state index contributed by atoms with van der Waals surface area (Å²) < 4.78 is 0. The summed E-state index contributed by atoms with van der Waals surface area (Å²) in [6.07, 6.45) is 0. The van der Waals surface area contributed by atoms with Crippen molar-refractivity contribution in [2.24, 2.45) is 0 Å². The van der Waals surface area contributed by atoms with Gasteiger partial charge in [0.15, 0.2) is 0 Å². The van der Waals surface area contributed by atoms with E-state index in [2.05, 4.69) is 43.4 Å². The number of hydrogen-bond acceptors (Lipinski definition) is 16. The molecule has 0 amide bonds. The molecule has 0 fully saturated rings. The number of halogens is 12. The Kier molecular flexibility index (Phi) is 12400. The van der Waals surface area contributed by atoms with Crippen molar-refractivity contribution in [3.05, 3.63) is 0 Å². The summed E-state index contributed by atoms with van der Waals surface area (Å²) in [7, 11) is 30.4. The smallest absolute Gasteiger partial charge is 1.00 e. The van der Waals surface area contributed by atoms with E-state index in [1.165, 1.54) is 0 Å². The van der Waals surface area contributed by atoms with Crippen LogP contribution in [0, 0.1) is 160 Å². The zero-order chi connectivity index (χ0) is 32.0. The van der Waals surface area contributed by atoms with Gasteiger partial charge in [-0.05, 0) is 0 Å². The first-order chi connectivity index (χ1) is 16.0. The molecular weight excluding hydrogens is 1480 g/mol. The number of rotatable bonds is 0. The summed E-state index contributed by atoms with van der Waals surface area (Å²) in [6.45, 7) is 0. The van der Waals surface area contributed by atoms with Gasteiger partial charge in [-0.15, -0.1) is 0 Å². The molecule has 0 aliphatic heterocycles. The average molecular weight is 1540 g/mol. The van der Waals surface area contributed by atoms with E-state index in [-0.39, 0.29) is 270 Å². The van der Waals surface area contributed by atoms with Gasteiger partial charge in [0, 0.05) is 143 Å². The minimum absolute atomic E-state index is 0. The second-order valence-electron chi connectivity index (χ2n) is 0. The van der Waals surface area contributed by atoms with E-state index < -0.39 is 0 Å². The molecule has 2 radical (unpaired) electrons. The molecule has 0 atom stereocenters. The molecule has 16 nitrogen and oxygen atoms in total. The molecule has 0 heterocycles. The zero-order valence-electron chi connectivity index (χ0n) is 27.1. The zero-order valence-corrected chi connectivity index (χ0v) is 45.3. The van der Waals surface area contributed by atoms with Crippen LogP contribution in [0.2, 0.25) is 0 Å². The molecule has 0 saturated heterocycles. The van der Waals surface area contributed by atoms with Crippen LogP contribution in [-0.2, 0) is 0 Å².